The molecule has 0 aromatic heterocycles. The minimum atomic E-state index is -0.186. The Balaban J connectivity index is 2.33. The number of halogens is 1. The van der Waals surface area contributed by atoms with Gasteiger partial charge in [0.15, 0.2) is 11.5 Å². The van der Waals surface area contributed by atoms with E-state index in [2.05, 4.69) is 21.2 Å². The zero-order valence-corrected chi connectivity index (χ0v) is 11.5. The Hall–Kier alpha value is -1.23. The number of ether oxygens (including phenoxy) is 2. The van der Waals surface area contributed by atoms with E-state index in [1.54, 1.807) is 14.0 Å². The molecule has 1 unspecified atom stereocenters. The molecule has 1 atom stereocenters. The Morgan fingerprint density at radius 3 is 2.65 bits per heavy atom. The van der Waals surface area contributed by atoms with E-state index in [1.165, 1.54) is 0 Å². The second kappa shape index (κ2) is 7.17. The van der Waals surface area contributed by atoms with Crippen molar-refractivity contribution < 1.29 is 14.3 Å². The van der Waals surface area contributed by atoms with Gasteiger partial charge in [-0.3, -0.25) is 4.79 Å². The fraction of sp³-hybridized carbons (Fsp3) is 0.417. The summed E-state index contributed by atoms with van der Waals surface area (Å²) in [6.45, 7) is 2.65. The van der Waals surface area contributed by atoms with Gasteiger partial charge in [-0.25, -0.2) is 0 Å². The molecule has 0 radical (unpaired) electrons. The molecule has 1 N–H and O–H groups in total. The lowest BCUT2D eigenvalue weighted by molar-refractivity contribution is -0.120. The molecule has 17 heavy (non-hydrogen) atoms. The van der Waals surface area contributed by atoms with Gasteiger partial charge in [-0.1, -0.05) is 28.1 Å². The van der Waals surface area contributed by atoms with E-state index in [4.69, 9.17) is 9.47 Å². The molecule has 1 rings (SSSR count). The molecule has 0 spiro atoms. The largest absolute Gasteiger partial charge is 0.493 e. The first-order chi connectivity index (χ1) is 8.15. The lowest BCUT2D eigenvalue weighted by atomic mass is 10.3. The minimum Gasteiger partial charge on any atom is -0.493 e. The SMILES string of the molecule is COc1ccccc1OCCNC(=O)C(C)Br. The van der Waals surface area contributed by atoms with Crippen molar-refractivity contribution in [3.63, 3.8) is 0 Å². The predicted octanol–water partition coefficient (Wildman–Crippen LogP) is 1.97. The van der Waals surface area contributed by atoms with Crippen molar-refractivity contribution in [3.8, 4) is 11.5 Å². The van der Waals surface area contributed by atoms with E-state index in [0.717, 1.165) is 0 Å². The summed E-state index contributed by atoms with van der Waals surface area (Å²) in [5, 5.41) is 2.74. The molecule has 94 valence electrons. The molecule has 0 fully saturated rings. The van der Waals surface area contributed by atoms with Crippen LogP contribution in [0, 0.1) is 0 Å². The van der Waals surface area contributed by atoms with Crippen molar-refractivity contribution in [2.24, 2.45) is 0 Å². The minimum absolute atomic E-state index is 0.0476. The zero-order chi connectivity index (χ0) is 12.7. The Bertz CT molecular complexity index is 369. The average Bonchev–Trinajstić information content (AvgIpc) is 2.34. The smallest absolute Gasteiger partial charge is 0.233 e. The maximum Gasteiger partial charge on any atom is 0.233 e. The molecule has 0 aliphatic heterocycles. The second-order valence-electron chi connectivity index (χ2n) is 3.41. The molecule has 4 nitrogen and oxygen atoms in total. The molecular weight excluding hydrogens is 286 g/mol. The van der Waals surface area contributed by atoms with Gasteiger partial charge in [0.25, 0.3) is 0 Å². The van der Waals surface area contributed by atoms with Crippen LogP contribution in [0.1, 0.15) is 6.92 Å². The third kappa shape index (κ3) is 4.65. The number of carbonyl (C=O) groups excluding carboxylic acids is 1. The molecule has 0 saturated heterocycles. The average molecular weight is 302 g/mol. The first kappa shape index (κ1) is 13.8. The first-order valence-corrected chi connectivity index (χ1v) is 6.24. The van der Waals surface area contributed by atoms with Crippen molar-refractivity contribution in [1.29, 1.82) is 0 Å². The second-order valence-corrected chi connectivity index (χ2v) is 4.78. The number of benzene rings is 1. The van der Waals surface area contributed by atoms with Crippen molar-refractivity contribution in [3.05, 3.63) is 24.3 Å². The summed E-state index contributed by atoms with van der Waals surface area (Å²) in [5.74, 6) is 1.32. The summed E-state index contributed by atoms with van der Waals surface area (Å²) < 4.78 is 10.6. The fourth-order valence-corrected chi connectivity index (χ4v) is 1.38. The highest BCUT2D eigenvalue weighted by molar-refractivity contribution is 9.10. The summed E-state index contributed by atoms with van der Waals surface area (Å²) in [5.41, 5.74) is 0. The molecule has 0 aliphatic rings. The van der Waals surface area contributed by atoms with Crippen LogP contribution in [0.4, 0.5) is 0 Å². The van der Waals surface area contributed by atoms with Crippen LogP contribution < -0.4 is 14.8 Å². The van der Waals surface area contributed by atoms with Gasteiger partial charge in [-0.15, -0.1) is 0 Å². The Kier molecular flexibility index (Phi) is 5.83. The van der Waals surface area contributed by atoms with E-state index >= 15 is 0 Å². The Labute approximate surface area is 109 Å². The molecular formula is C12H16BrNO3. The Morgan fingerprint density at radius 1 is 1.41 bits per heavy atom. The highest BCUT2D eigenvalue weighted by Gasteiger charge is 2.07. The summed E-state index contributed by atoms with van der Waals surface area (Å²) in [7, 11) is 1.59. The van der Waals surface area contributed by atoms with E-state index in [1.807, 2.05) is 24.3 Å². The van der Waals surface area contributed by atoms with Crippen molar-refractivity contribution >= 4 is 21.8 Å². The quantitative estimate of drug-likeness (QED) is 0.645. The van der Waals surface area contributed by atoms with Crippen molar-refractivity contribution in [2.45, 2.75) is 11.8 Å². The number of para-hydroxylation sites is 2. The zero-order valence-electron chi connectivity index (χ0n) is 9.90. The molecule has 5 heteroatoms. The van der Waals surface area contributed by atoms with E-state index < -0.39 is 0 Å². The van der Waals surface area contributed by atoms with Crippen LogP contribution in [-0.2, 0) is 4.79 Å². The van der Waals surface area contributed by atoms with Crippen LogP contribution >= 0.6 is 15.9 Å². The maximum absolute atomic E-state index is 11.2. The number of alkyl halides is 1. The number of rotatable bonds is 6. The molecule has 1 aromatic carbocycles. The fourth-order valence-electron chi connectivity index (χ4n) is 1.21. The molecule has 0 bridgehead atoms. The van der Waals surface area contributed by atoms with Gasteiger partial charge in [-0.2, -0.15) is 0 Å². The monoisotopic (exact) mass is 301 g/mol. The van der Waals surface area contributed by atoms with E-state index in [9.17, 15) is 4.79 Å². The third-order valence-corrected chi connectivity index (χ3v) is 2.51. The molecule has 0 heterocycles. The third-order valence-electron chi connectivity index (χ3n) is 2.09. The lowest BCUT2D eigenvalue weighted by Gasteiger charge is -2.11. The molecule has 1 amide bonds. The summed E-state index contributed by atoms with van der Waals surface area (Å²) >= 11 is 3.19. The number of methoxy groups -OCH3 is 1. The van der Waals surface area contributed by atoms with Gasteiger partial charge in [-0.05, 0) is 19.1 Å². The predicted molar refractivity (Wildman–Crippen MR) is 69.9 cm³/mol. The highest BCUT2D eigenvalue weighted by Crippen LogP contribution is 2.25. The van der Waals surface area contributed by atoms with Crippen LogP contribution in [-0.4, -0.2) is 31.0 Å². The van der Waals surface area contributed by atoms with Crippen LogP contribution in [0.15, 0.2) is 24.3 Å². The van der Waals surface area contributed by atoms with Gasteiger partial charge < -0.3 is 14.8 Å². The number of hydrogen-bond donors (Lipinski definition) is 1. The normalized spacial score (nSPS) is 11.7. The Morgan fingerprint density at radius 2 is 2.06 bits per heavy atom. The van der Waals surface area contributed by atoms with Gasteiger partial charge >= 0.3 is 0 Å². The van der Waals surface area contributed by atoms with E-state index in [-0.39, 0.29) is 10.7 Å². The topological polar surface area (TPSA) is 47.6 Å². The van der Waals surface area contributed by atoms with Crippen molar-refractivity contribution in [2.75, 3.05) is 20.3 Å². The van der Waals surface area contributed by atoms with Crippen LogP contribution in [0.2, 0.25) is 0 Å². The maximum atomic E-state index is 11.2. The lowest BCUT2D eigenvalue weighted by Crippen LogP contribution is -2.32. The van der Waals surface area contributed by atoms with Gasteiger partial charge in [0.05, 0.1) is 18.5 Å². The van der Waals surface area contributed by atoms with E-state index in [0.29, 0.717) is 24.7 Å². The number of carbonyl (C=O) groups is 1. The number of nitrogens with one attached hydrogen (secondary N) is 1. The summed E-state index contributed by atoms with van der Waals surface area (Å²) in [4.78, 5) is 11.1. The van der Waals surface area contributed by atoms with Gasteiger partial charge in [0.1, 0.15) is 6.61 Å². The number of hydrogen-bond acceptors (Lipinski definition) is 3. The van der Waals surface area contributed by atoms with Crippen LogP contribution in [0.25, 0.3) is 0 Å². The van der Waals surface area contributed by atoms with Gasteiger partial charge in [0, 0.05) is 0 Å². The van der Waals surface area contributed by atoms with Crippen LogP contribution in [0.5, 0.6) is 11.5 Å². The molecule has 1 aromatic rings. The number of amides is 1. The van der Waals surface area contributed by atoms with Crippen molar-refractivity contribution in [1.82, 2.24) is 5.32 Å². The summed E-state index contributed by atoms with van der Waals surface area (Å²) in [6.07, 6.45) is 0. The van der Waals surface area contributed by atoms with Crippen LogP contribution in [0.3, 0.4) is 0 Å². The first-order valence-electron chi connectivity index (χ1n) is 5.32. The molecule has 0 aliphatic carbocycles. The summed E-state index contributed by atoms with van der Waals surface area (Å²) in [6, 6.07) is 7.40. The van der Waals surface area contributed by atoms with Gasteiger partial charge in [0.2, 0.25) is 5.91 Å². The highest BCUT2D eigenvalue weighted by atomic mass is 79.9. The molecule has 0 saturated carbocycles. The standard InChI is InChI=1S/C12H16BrNO3/c1-9(13)12(15)14-7-8-17-11-6-4-3-5-10(11)16-2/h3-6,9H,7-8H2,1-2H3,(H,14,15).